The Bertz CT molecular complexity index is 93.1. The van der Waals surface area contributed by atoms with Crippen molar-refractivity contribution < 1.29 is 9.63 Å². The minimum absolute atomic E-state index is 0.0462. The van der Waals surface area contributed by atoms with Gasteiger partial charge in [0.1, 0.15) is 0 Å². The first-order chi connectivity index (χ1) is 4.22. The van der Waals surface area contributed by atoms with Gasteiger partial charge in [-0.05, 0) is 6.42 Å². The Hall–Kier alpha value is -0.570. The lowest BCUT2D eigenvalue weighted by atomic mass is 10.1. The van der Waals surface area contributed by atoms with Gasteiger partial charge in [-0.3, -0.25) is 9.63 Å². The lowest BCUT2D eigenvalue weighted by Crippen LogP contribution is -2.27. The molecule has 0 fully saturated rings. The summed E-state index contributed by atoms with van der Waals surface area (Å²) in [5, 5.41) is 0. The Morgan fingerprint density at radius 1 is 1.78 bits per heavy atom. The highest BCUT2D eigenvalue weighted by atomic mass is 16.6. The fraction of sp³-hybridized carbons (Fsp3) is 0.833. The van der Waals surface area contributed by atoms with Crippen molar-refractivity contribution in [2.45, 2.75) is 20.3 Å². The molecular formula is C6H13NO2. The van der Waals surface area contributed by atoms with Crippen LogP contribution in [0.25, 0.3) is 0 Å². The van der Waals surface area contributed by atoms with Crippen molar-refractivity contribution >= 4 is 5.91 Å². The second-order valence-corrected chi connectivity index (χ2v) is 1.98. The Labute approximate surface area is 55.3 Å². The van der Waals surface area contributed by atoms with Crippen molar-refractivity contribution in [2.24, 2.45) is 5.92 Å². The van der Waals surface area contributed by atoms with Crippen LogP contribution >= 0.6 is 0 Å². The summed E-state index contributed by atoms with van der Waals surface area (Å²) >= 11 is 0. The molecule has 0 rings (SSSR count). The normalized spacial score (nSPS) is 12.8. The largest absolute Gasteiger partial charge is 0.277 e. The van der Waals surface area contributed by atoms with E-state index in [1.54, 1.807) is 0 Å². The Balaban J connectivity index is 3.46. The summed E-state index contributed by atoms with van der Waals surface area (Å²) in [6.45, 7) is 3.81. The summed E-state index contributed by atoms with van der Waals surface area (Å²) in [5.74, 6) is -0.00931. The zero-order valence-electron chi connectivity index (χ0n) is 6.10. The van der Waals surface area contributed by atoms with Crippen molar-refractivity contribution in [3.8, 4) is 0 Å². The molecule has 1 amide bonds. The molecule has 3 nitrogen and oxygen atoms in total. The maximum atomic E-state index is 10.7. The van der Waals surface area contributed by atoms with Gasteiger partial charge >= 0.3 is 0 Å². The van der Waals surface area contributed by atoms with Gasteiger partial charge in [-0.2, -0.15) is 0 Å². The summed E-state index contributed by atoms with van der Waals surface area (Å²) in [6, 6.07) is 0. The third-order valence-electron chi connectivity index (χ3n) is 1.26. The molecule has 0 spiro atoms. The van der Waals surface area contributed by atoms with Crippen LogP contribution in [0.3, 0.4) is 0 Å². The zero-order chi connectivity index (χ0) is 7.28. The van der Waals surface area contributed by atoms with E-state index >= 15 is 0 Å². The average molecular weight is 131 g/mol. The SMILES string of the molecule is CC[C@H](C)C(=O)NOC. The van der Waals surface area contributed by atoms with Crippen LogP contribution in [-0.2, 0) is 9.63 Å². The molecule has 0 aromatic rings. The summed E-state index contributed by atoms with van der Waals surface area (Å²) in [4.78, 5) is 15.2. The third kappa shape index (κ3) is 3.08. The molecule has 0 aliphatic rings. The van der Waals surface area contributed by atoms with Crippen LogP contribution in [0, 0.1) is 5.92 Å². The Morgan fingerprint density at radius 3 is 2.67 bits per heavy atom. The van der Waals surface area contributed by atoms with Crippen molar-refractivity contribution in [3.05, 3.63) is 0 Å². The second-order valence-electron chi connectivity index (χ2n) is 1.98. The molecule has 9 heavy (non-hydrogen) atoms. The lowest BCUT2D eigenvalue weighted by molar-refractivity contribution is -0.135. The first-order valence-electron chi connectivity index (χ1n) is 3.05. The van der Waals surface area contributed by atoms with E-state index in [-0.39, 0.29) is 11.8 Å². The van der Waals surface area contributed by atoms with E-state index in [0.29, 0.717) is 0 Å². The highest BCUT2D eigenvalue weighted by molar-refractivity contribution is 5.76. The third-order valence-corrected chi connectivity index (χ3v) is 1.26. The standard InChI is InChI=1S/C6H13NO2/c1-4-5(2)6(8)7-9-3/h5H,4H2,1-3H3,(H,7,8)/t5-/m0/s1. The molecule has 0 bridgehead atoms. The van der Waals surface area contributed by atoms with E-state index in [1.807, 2.05) is 13.8 Å². The van der Waals surface area contributed by atoms with Crippen molar-refractivity contribution in [1.29, 1.82) is 0 Å². The number of hydrogen-bond acceptors (Lipinski definition) is 2. The lowest BCUT2D eigenvalue weighted by Gasteiger charge is -2.05. The van der Waals surface area contributed by atoms with Gasteiger partial charge in [0.2, 0.25) is 5.91 Å². The van der Waals surface area contributed by atoms with E-state index in [0.717, 1.165) is 6.42 Å². The van der Waals surface area contributed by atoms with Crippen molar-refractivity contribution in [2.75, 3.05) is 7.11 Å². The molecule has 0 saturated heterocycles. The predicted octanol–water partition coefficient (Wildman–Crippen LogP) is 0.710. The van der Waals surface area contributed by atoms with Crippen LogP contribution in [0.2, 0.25) is 0 Å². The molecule has 3 heteroatoms. The molecule has 0 heterocycles. The van der Waals surface area contributed by atoms with Gasteiger partial charge in [0.15, 0.2) is 0 Å². The molecule has 0 unspecified atom stereocenters. The molecular weight excluding hydrogens is 118 g/mol. The molecule has 1 N–H and O–H groups in total. The van der Waals surface area contributed by atoms with Gasteiger partial charge in [0.25, 0.3) is 0 Å². The number of nitrogens with one attached hydrogen (secondary N) is 1. The number of hydroxylamine groups is 1. The highest BCUT2D eigenvalue weighted by Crippen LogP contribution is 1.98. The summed E-state index contributed by atoms with van der Waals surface area (Å²) in [5.41, 5.74) is 2.26. The van der Waals surface area contributed by atoms with Gasteiger partial charge in [-0.25, -0.2) is 5.48 Å². The van der Waals surface area contributed by atoms with E-state index in [1.165, 1.54) is 7.11 Å². The molecule has 0 aromatic carbocycles. The average Bonchev–Trinajstić information content (AvgIpc) is 1.87. The highest BCUT2D eigenvalue weighted by Gasteiger charge is 2.07. The second kappa shape index (κ2) is 4.32. The van der Waals surface area contributed by atoms with Crippen LogP contribution in [0.1, 0.15) is 20.3 Å². The Morgan fingerprint density at radius 2 is 2.33 bits per heavy atom. The summed E-state index contributed by atoms with van der Waals surface area (Å²) in [7, 11) is 1.43. The summed E-state index contributed by atoms with van der Waals surface area (Å²) < 4.78 is 0. The quantitative estimate of drug-likeness (QED) is 0.573. The smallest absolute Gasteiger partial charge is 0.246 e. The van der Waals surface area contributed by atoms with Crippen LogP contribution < -0.4 is 5.48 Å². The number of carbonyl (C=O) groups is 1. The van der Waals surface area contributed by atoms with Gasteiger partial charge in [-0.15, -0.1) is 0 Å². The van der Waals surface area contributed by atoms with Crippen LogP contribution in [0.4, 0.5) is 0 Å². The maximum absolute atomic E-state index is 10.7. The van der Waals surface area contributed by atoms with E-state index in [9.17, 15) is 4.79 Å². The van der Waals surface area contributed by atoms with Gasteiger partial charge in [0.05, 0.1) is 7.11 Å². The van der Waals surface area contributed by atoms with Crippen LogP contribution in [0.5, 0.6) is 0 Å². The predicted molar refractivity (Wildman–Crippen MR) is 34.6 cm³/mol. The molecule has 0 aliphatic carbocycles. The molecule has 54 valence electrons. The fourth-order valence-electron chi connectivity index (χ4n) is 0.387. The van der Waals surface area contributed by atoms with E-state index in [4.69, 9.17) is 0 Å². The zero-order valence-corrected chi connectivity index (χ0v) is 6.10. The molecule has 1 atom stereocenters. The van der Waals surface area contributed by atoms with Crippen molar-refractivity contribution in [3.63, 3.8) is 0 Å². The molecule has 0 aromatic heterocycles. The van der Waals surface area contributed by atoms with E-state index < -0.39 is 0 Å². The molecule has 0 saturated carbocycles. The summed E-state index contributed by atoms with van der Waals surface area (Å²) in [6.07, 6.45) is 0.842. The van der Waals surface area contributed by atoms with Gasteiger partial charge < -0.3 is 0 Å². The number of hydrogen-bond donors (Lipinski definition) is 1. The monoisotopic (exact) mass is 131 g/mol. The van der Waals surface area contributed by atoms with Crippen LogP contribution in [-0.4, -0.2) is 13.0 Å². The van der Waals surface area contributed by atoms with Gasteiger partial charge in [0, 0.05) is 5.92 Å². The van der Waals surface area contributed by atoms with Crippen LogP contribution in [0.15, 0.2) is 0 Å². The maximum Gasteiger partial charge on any atom is 0.246 e. The number of carbonyl (C=O) groups excluding carboxylic acids is 1. The Kier molecular flexibility index (Phi) is 4.05. The molecule has 0 aliphatic heterocycles. The topological polar surface area (TPSA) is 38.3 Å². The molecule has 0 radical (unpaired) electrons. The van der Waals surface area contributed by atoms with Crippen molar-refractivity contribution in [1.82, 2.24) is 5.48 Å². The first kappa shape index (κ1) is 8.43. The minimum Gasteiger partial charge on any atom is -0.277 e. The van der Waals surface area contributed by atoms with Gasteiger partial charge in [-0.1, -0.05) is 13.8 Å². The number of amides is 1. The van der Waals surface area contributed by atoms with E-state index in [2.05, 4.69) is 10.3 Å². The number of rotatable bonds is 3. The first-order valence-corrected chi connectivity index (χ1v) is 3.05. The fourth-order valence-corrected chi connectivity index (χ4v) is 0.387. The minimum atomic E-state index is -0.0556.